The number of hydrogen-bond donors (Lipinski definition) is 1. The van der Waals surface area contributed by atoms with Gasteiger partial charge >= 0.3 is 0 Å². The van der Waals surface area contributed by atoms with E-state index in [1.165, 1.54) is 6.42 Å². The molecule has 1 saturated heterocycles. The lowest BCUT2D eigenvalue weighted by Crippen LogP contribution is -2.57. The second-order valence-corrected chi connectivity index (χ2v) is 3.79. The van der Waals surface area contributed by atoms with Gasteiger partial charge in [0.25, 0.3) is 0 Å². The van der Waals surface area contributed by atoms with E-state index >= 15 is 0 Å². The van der Waals surface area contributed by atoms with Crippen molar-refractivity contribution in [3.05, 3.63) is 0 Å². The first kappa shape index (κ1) is 8.02. The van der Waals surface area contributed by atoms with Gasteiger partial charge in [0.1, 0.15) is 0 Å². The van der Waals surface area contributed by atoms with Crippen molar-refractivity contribution in [3.8, 4) is 0 Å². The van der Waals surface area contributed by atoms with Gasteiger partial charge in [-0.3, -0.25) is 0 Å². The van der Waals surface area contributed by atoms with Crippen LogP contribution in [0.3, 0.4) is 0 Å². The summed E-state index contributed by atoms with van der Waals surface area (Å²) in [6, 6.07) is 0. The molecule has 0 aliphatic carbocycles. The molecule has 0 aromatic heterocycles. The van der Waals surface area contributed by atoms with E-state index < -0.39 is 0 Å². The van der Waals surface area contributed by atoms with Gasteiger partial charge in [-0.2, -0.15) is 0 Å². The normalized spacial score (nSPS) is 22.8. The summed E-state index contributed by atoms with van der Waals surface area (Å²) in [7, 11) is 0. The smallest absolute Gasteiger partial charge is 0.0669 e. The van der Waals surface area contributed by atoms with Gasteiger partial charge in [-0.25, -0.2) is 0 Å². The first-order valence-electron chi connectivity index (χ1n) is 3.99. The maximum absolute atomic E-state index is 5.93. The molecular formula is C8H17NO. The summed E-state index contributed by atoms with van der Waals surface area (Å²) in [4.78, 5) is 0. The van der Waals surface area contributed by atoms with E-state index in [1.54, 1.807) is 0 Å². The summed E-state index contributed by atoms with van der Waals surface area (Å²) in [5.74, 6) is 0.765. The third-order valence-corrected chi connectivity index (χ3v) is 2.00. The van der Waals surface area contributed by atoms with Crippen LogP contribution in [0.15, 0.2) is 0 Å². The van der Waals surface area contributed by atoms with Crippen LogP contribution in [-0.2, 0) is 4.74 Å². The summed E-state index contributed by atoms with van der Waals surface area (Å²) in [6.45, 7) is 5.98. The molecule has 0 bridgehead atoms. The summed E-state index contributed by atoms with van der Waals surface area (Å²) >= 11 is 0. The molecule has 60 valence electrons. The Morgan fingerprint density at radius 3 is 2.40 bits per heavy atom. The van der Waals surface area contributed by atoms with Crippen molar-refractivity contribution in [2.75, 3.05) is 13.2 Å². The molecule has 10 heavy (non-hydrogen) atoms. The summed E-state index contributed by atoms with van der Waals surface area (Å²) in [6.07, 6.45) is 2.34. The van der Waals surface area contributed by atoms with Crippen LogP contribution >= 0.6 is 0 Å². The highest BCUT2D eigenvalue weighted by Gasteiger charge is 2.33. The van der Waals surface area contributed by atoms with E-state index in [0.717, 1.165) is 25.6 Å². The molecule has 1 fully saturated rings. The quantitative estimate of drug-likeness (QED) is 0.643. The Morgan fingerprint density at radius 1 is 1.50 bits per heavy atom. The Bertz CT molecular complexity index is 108. The predicted octanol–water partition coefficient (Wildman–Crippen LogP) is 1.15. The molecule has 0 amide bonds. The van der Waals surface area contributed by atoms with E-state index in [1.807, 2.05) is 0 Å². The zero-order valence-electron chi connectivity index (χ0n) is 6.89. The average molecular weight is 143 g/mol. The number of hydrogen-bond acceptors (Lipinski definition) is 2. The molecule has 0 spiro atoms. The van der Waals surface area contributed by atoms with Gasteiger partial charge in [-0.1, -0.05) is 13.8 Å². The maximum Gasteiger partial charge on any atom is 0.0669 e. The van der Waals surface area contributed by atoms with Crippen LogP contribution in [0.1, 0.15) is 26.7 Å². The maximum atomic E-state index is 5.93. The molecule has 1 aliphatic heterocycles. The molecule has 1 heterocycles. The van der Waals surface area contributed by atoms with Crippen LogP contribution < -0.4 is 5.73 Å². The Balaban J connectivity index is 2.12. The number of ether oxygens (including phenoxy) is 1. The molecule has 2 heteroatoms. The minimum absolute atomic E-state index is 0.0320. The van der Waals surface area contributed by atoms with Crippen molar-refractivity contribution >= 4 is 0 Å². The SMILES string of the molecule is CC(C)CCC1(N)COC1. The van der Waals surface area contributed by atoms with Gasteiger partial charge < -0.3 is 10.5 Å². The van der Waals surface area contributed by atoms with Crippen molar-refractivity contribution in [3.63, 3.8) is 0 Å². The van der Waals surface area contributed by atoms with Crippen molar-refractivity contribution in [2.24, 2.45) is 11.7 Å². The van der Waals surface area contributed by atoms with Crippen LogP contribution in [0, 0.1) is 5.92 Å². The molecule has 0 aromatic carbocycles. The Morgan fingerprint density at radius 2 is 2.10 bits per heavy atom. The second kappa shape index (κ2) is 2.89. The van der Waals surface area contributed by atoms with Crippen LogP contribution in [0.2, 0.25) is 0 Å². The third-order valence-electron chi connectivity index (χ3n) is 2.00. The van der Waals surface area contributed by atoms with Crippen molar-refractivity contribution < 1.29 is 4.74 Å². The highest BCUT2D eigenvalue weighted by molar-refractivity contribution is 4.90. The van der Waals surface area contributed by atoms with E-state index in [2.05, 4.69) is 13.8 Å². The van der Waals surface area contributed by atoms with E-state index in [9.17, 15) is 0 Å². The standard InChI is InChI=1S/C8H17NO/c1-7(2)3-4-8(9)5-10-6-8/h7H,3-6,9H2,1-2H3. The first-order valence-corrected chi connectivity index (χ1v) is 3.99. The minimum Gasteiger partial charge on any atom is -0.377 e. The van der Waals surface area contributed by atoms with Gasteiger partial charge in [0.15, 0.2) is 0 Å². The van der Waals surface area contributed by atoms with Crippen LogP contribution in [0.5, 0.6) is 0 Å². The predicted molar refractivity (Wildman–Crippen MR) is 41.8 cm³/mol. The second-order valence-electron chi connectivity index (χ2n) is 3.79. The van der Waals surface area contributed by atoms with E-state index in [-0.39, 0.29) is 5.54 Å². The lowest BCUT2D eigenvalue weighted by Gasteiger charge is -2.38. The van der Waals surface area contributed by atoms with Gasteiger partial charge in [0, 0.05) is 0 Å². The van der Waals surface area contributed by atoms with E-state index in [4.69, 9.17) is 10.5 Å². The summed E-state index contributed by atoms with van der Waals surface area (Å²) in [5, 5.41) is 0. The van der Waals surface area contributed by atoms with Crippen LogP contribution in [-0.4, -0.2) is 18.8 Å². The molecule has 1 rings (SSSR count). The van der Waals surface area contributed by atoms with Crippen LogP contribution in [0.4, 0.5) is 0 Å². The topological polar surface area (TPSA) is 35.2 Å². The van der Waals surface area contributed by atoms with E-state index in [0.29, 0.717) is 0 Å². The summed E-state index contributed by atoms with van der Waals surface area (Å²) in [5.41, 5.74) is 5.96. The zero-order valence-corrected chi connectivity index (χ0v) is 6.89. The fourth-order valence-electron chi connectivity index (χ4n) is 1.08. The fourth-order valence-corrected chi connectivity index (χ4v) is 1.08. The van der Waals surface area contributed by atoms with Gasteiger partial charge in [-0.15, -0.1) is 0 Å². The average Bonchev–Trinajstić information content (AvgIpc) is 1.79. The molecular weight excluding hydrogens is 126 g/mol. The van der Waals surface area contributed by atoms with Crippen molar-refractivity contribution in [2.45, 2.75) is 32.2 Å². The highest BCUT2D eigenvalue weighted by Crippen LogP contribution is 2.21. The van der Waals surface area contributed by atoms with Crippen molar-refractivity contribution in [1.29, 1.82) is 0 Å². The zero-order chi connectivity index (χ0) is 7.61. The highest BCUT2D eigenvalue weighted by atomic mass is 16.5. The molecule has 2 N–H and O–H groups in total. The third kappa shape index (κ3) is 1.96. The molecule has 1 aliphatic rings. The Kier molecular flexibility index (Phi) is 2.32. The fraction of sp³-hybridized carbons (Fsp3) is 1.00. The lowest BCUT2D eigenvalue weighted by atomic mass is 9.90. The Labute approximate surface area is 62.7 Å². The van der Waals surface area contributed by atoms with Gasteiger partial charge in [0.05, 0.1) is 18.8 Å². The molecule has 0 atom stereocenters. The minimum atomic E-state index is 0.0320. The largest absolute Gasteiger partial charge is 0.377 e. The molecule has 2 nitrogen and oxygen atoms in total. The van der Waals surface area contributed by atoms with Gasteiger partial charge in [0.2, 0.25) is 0 Å². The van der Waals surface area contributed by atoms with Gasteiger partial charge in [-0.05, 0) is 18.8 Å². The lowest BCUT2D eigenvalue weighted by molar-refractivity contribution is -0.0592. The molecule has 0 saturated carbocycles. The molecule has 0 aromatic rings. The molecule has 0 radical (unpaired) electrons. The first-order chi connectivity index (χ1) is 4.62. The molecule has 0 unspecified atom stereocenters. The summed E-state index contributed by atoms with van der Waals surface area (Å²) < 4.78 is 5.05. The van der Waals surface area contributed by atoms with Crippen LogP contribution in [0.25, 0.3) is 0 Å². The number of nitrogens with two attached hydrogens (primary N) is 1. The monoisotopic (exact) mass is 143 g/mol. The van der Waals surface area contributed by atoms with Crippen molar-refractivity contribution in [1.82, 2.24) is 0 Å². The Hall–Kier alpha value is -0.0800. The number of rotatable bonds is 3.